The van der Waals surface area contributed by atoms with E-state index >= 15 is 0 Å². The maximum Gasteiger partial charge on any atom is 0.416 e. The number of hydrogen-bond acceptors (Lipinski definition) is 3. The monoisotopic (exact) mass is 543 g/mol. The molecule has 3 nitrogen and oxygen atoms in total. The van der Waals surface area contributed by atoms with E-state index < -0.39 is 36.2 Å². The summed E-state index contributed by atoms with van der Waals surface area (Å²) in [7, 11) is 0. The molecule has 0 saturated carbocycles. The van der Waals surface area contributed by atoms with E-state index in [0.717, 1.165) is 12.0 Å². The van der Waals surface area contributed by atoms with Gasteiger partial charge in [-0.1, -0.05) is 12.1 Å². The molecule has 0 radical (unpaired) electrons. The van der Waals surface area contributed by atoms with Crippen LogP contribution in [0.4, 0.5) is 26.3 Å². The smallest absolute Gasteiger partial charge is 0.416 e. The lowest BCUT2D eigenvalue weighted by atomic mass is 9.94. The van der Waals surface area contributed by atoms with Gasteiger partial charge in [-0.15, -0.1) is 0 Å². The number of halogens is 7. The Hall–Kier alpha value is -1.53. The largest absolute Gasteiger partial charge is 0.507 e. The van der Waals surface area contributed by atoms with E-state index in [9.17, 15) is 31.4 Å². The number of piperidine rings is 1. The third-order valence-electron chi connectivity index (χ3n) is 4.86. The summed E-state index contributed by atoms with van der Waals surface area (Å²) in [5, 5.41) is 13.2. The van der Waals surface area contributed by atoms with Crippen LogP contribution in [0.1, 0.15) is 41.1 Å². The van der Waals surface area contributed by atoms with Gasteiger partial charge in [0.05, 0.1) is 33.4 Å². The van der Waals surface area contributed by atoms with Crippen LogP contribution in [0.2, 0.25) is 0 Å². The highest BCUT2D eigenvalue weighted by Gasteiger charge is 2.37. The normalized spacial score (nSPS) is 20.4. The average Bonchev–Trinajstić information content (AvgIpc) is 2.67. The van der Waals surface area contributed by atoms with Gasteiger partial charge in [0.1, 0.15) is 5.75 Å². The van der Waals surface area contributed by atoms with Crippen LogP contribution in [-0.4, -0.2) is 17.8 Å². The maximum atomic E-state index is 13.1. The van der Waals surface area contributed by atoms with Crippen molar-refractivity contribution in [2.45, 2.75) is 43.9 Å². The molecule has 164 valence electrons. The second kappa shape index (κ2) is 8.91. The molecule has 2 unspecified atom stereocenters. The second-order valence-corrected chi connectivity index (χ2v) is 8.10. The number of nitrogens with one attached hydrogen (secondary N) is 1. The van der Waals surface area contributed by atoms with Crippen LogP contribution in [0, 0.1) is 3.57 Å². The molecule has 30 heavy (non-hydrogen) atoms. The standard InChI is InChI=1S/C20H18F6INO2/c21-19(22,23)12-7-11(8-13(9-12)20(24,25)26)10-30-16-5-2-6-28-18(16)14-3-1-4-15(29)17(14)27/h1,3-4,7-9,16,18,28-29H,2,5-6,10H2/i27-2. The minimum atomic E-state index is -4.90. The topological polar surface area (TPSA) is 41.5 Å². The van der Waals surface area contributed by atoms with Gasteiger partial charge in [-0.2, -0.15) is 26.3 Å². The number of aromatic hydroxyl groups is 1. The van der Waals surface area contributed by atoms with Crippen LogP contribution in [0.5, 0.6) is 5.75 Å². The Morgan fingerprint density at radius 1 is 1.03 bits per heavy atom. The summed E-state index contributed by atoms with van der Waals surface area (Å²) in [5.74, 6) is 0.0897. The molecular weight excluding hydrogens is 525 g/mol. The lowest BCUT2D eigenvalue weighted by Crippen LogP contribution is -2.39. The summed E-state index contributed by atoms with van der Waals surface area (Å²) in [4.78, 5) is 0. The Kier molecular flexibility index (Phi) is 6.87. The third-order valence-corrected chi connectivity index (χ3v) is 6.03. The van der Waals surface area contributed by atoms with Gasteiger partial charge in [0.15, 0.2) is 0 Å². The van der Waals surface area contributed by atoms with Gasteiger partial charge in [-0.05, 0) is 77.4 Å². The first-order valence-corrected chi connectivity index (χ1v) is 10.2. The van der Waals surface area contributed by atoms with Crippen molar-refractivity contribution in [2.75, 3.05) is 6.54 Å². The molecule has 1 fully saturated rings. The Balaban J connectivity index is 1.85. The number of phenols is 1. The van der Waals surface area contributed by atoms with Crippen LogP contribution < -0.4 is 5.32 Å². The Labute approximate surface area is 182 Å². The first kappa shape index (κ1) is 23.1. The van der Waals surface area contributed by atoms with Crippen molar-refractivity contribution in [3.05, 3.63) is 62.2 Å². The average molecular weight is 543 g/mol. The van der Waals surface area contributed by atoms with Gasteiger partial charge >= 0.3 is 12.4 Å². The fourth-order valence-corrected chi connectivity index (χ4v) is 4.13. The van der Waals surface area contributed by atoms with Crippen LogP contribution in [-0.2, 0) is 23.7 Å². The van der Waals surface area contributed by atoms with Crippen LogP contribution in [0.25, 0.3) is 0 Å². The van der Waals surface area contributed by atoms with Crippen molar-refractivity contribution in [3.63, 3.8) is 0 Å². The fraction of sp³-hybridized carbons (Fsp3) is 0.400. The molecule has 1 aliphatic heterocycles. The van der Waals surface area contributed by atoms with Crippen molar-refractivity contribution in [3.8, 4) is 5.75 Å². The van der Waals surface area contributed by atoms with Gasteiger partial charge in [-0.3, -0.25) is 0 Å². The molecule has 2 N–H and O–H groups in total. The van der Waals surface area contributed by atoms with E-state index in [0.29, 0.717) is 28.7 Å². The molecule has 3 rings (SSSR count). The van der Waals surface area contributed by atoms with Gasteiger partial charge in [-0.25, -0.2) is 0 Å². The molecule has 0 bridgehead atoms. The minimum Gasteiger partial charge on any atom is -0.507 e. The van der Waals surface area contributed by atoms with Gasteiger partial charge in [0.2, 0.25) is 0 Å². The molecule has 1 saturated heterocycles. The van der Waals surface area contributed by atoms with Crippen LogP contribution in [0.15, 0.2) is 36.4 Å². The molecule has 0 aromatic heterocycles. The SMILES string of the molecule is Oc1cccc(C2NCCCC2OCc2cc(C(F)(F)F)cc(C(F)(F)F)c2)c1[125I]. The van der Waals surface area contributed by atoms with Crippen molar-refractivity contribution in [1.29, 1.82) is 0 Å². The number of rotatable bonds is 4. The summed E-state index contributed by atoms with van der Waals surface area (Å²) in [6.45, 7) is 0.281. The summed E-state index contributed by atoms with van der Waals surface area (Å²) in [6, 6.07) is 6.12. The minimum absolute atomic E-state index is 0.0897. The highest BCUT2D eigenvalue weighted by molar-refractivity contribution is 14.1. The molecule has 2 atom stereocenters. The zero-order valence-corrected chi connectivity index (χ0v) is 17.6. The number of alkyl halides is 6. The number of ether oxygens (including phenoxy) is 1. The van der Waals surface area contributed by atoms with E-state index in [1.165, 1.54) is 6.07 Å². The summed E-state index contributed by atoms with van der Waals surface area (Å²) >= 11 is 1.99. The van der Waals surface area contributed by atoms with Crippen molar-refractivity contribution in [2.24, 2.45) is 0 Å². The molecule has 1 aliphatic rings. The summed E-state index contributed by atoms with van der Waals surface area (Å²) in [6.07, 6.45) is -8.95. The Bertz CT molecular complexity index is 868. The second-order valence-electron chi connectivity index (χ2n) is 7.02. The van der Waals surface area contributed by atoms with Crippen molar-refractivity contribution in [1.82, 2.24) is 5.32 Å². The lowest BCUT2D eigenvalue weighted by molar-refractivity contribution is -0.143. The van der Waals surface area contributed by atoms with Gasteiger partial charge < -0.3 is 15.2 Å². The summed E-state index contributed by atoms with van der Waals surface area (Å²) in [5.41, 5.74) is -2.17. The fourth-order valence-electron chi connectivity index (χ4n) is 3.43. The molecule has 2 aromatic carbocycles. The number of hydrogen-bond donors (Lipinski definition) is 2. The molecule has 0 spiro atoms. The van der Waals surface area contributed by atoms with Gasteiger partial charge in [0.25, 0.3) is 0 Å². The zero-order chi connectivity index (χ0) is 22.1. The molecule has 0 aliphatic carbocycles. The first-order chi connectivity index (χ1) is 14.0. The Morgan fingerprint density at radius 3 is 2.27 bits per heavy atom. The van der Waals surface area contributed by atoms with Crippen molar-refractivity contribution < 1.29 is 36.2 Å². The van der Waals surface area contributed by atoms with E-state index in [4.69, 9.17) is 4.74 Å². The van der Waals surface area contributed by atoms with Gasteiger partial charge in [0, 0.05) is 0 Å². The van der Waals surface area contributed by atoms with Crippen LogP contribution >= 0.6 is 22.6 Å². The van der Waals surface area contributed by atoms with Crippen LogP contribution in [0.3, 0.4) is 0 Å². The summed E-state index contributed by atoms with van der Waals surface area (Å²) < 4.78 is 84.7. The molecule has 10 heteroatoms. The van der Waals surface area contributed by atoms with E-state index in [-0.39, 0.29) is 23.4 Å². The van der Waals surface area contributed by atoms with Crippen molar-refractivity contribution >= 4 is 22.6 Å². The van der Waals surface area contributed by atoms with E-state index in [1.807, 2.05) is 22.6 Å². The van der Waals surface area contributed by atoms with E-state index in [2.05, 4.69) is 5.32 Å². The highest BCUT2D eigenvalue weighted by Crippen LogP contribution is 2.37. The van der Waals surface area contributed by atoms with E-state index in [1.54, 1.807) is 12.1 Å². The highest BCUT2D eigenvalue weighted by atomic mass is 125. The predicted octanol–water partition coefficient (Wildman–Crippen LogP) is 6.04. The number of benzene rings is 2. The lowest BCUT2D eigenvalue weighted by Gasteiger charge is -2.33. The maximum absolute atomic E-state index is 13.1. The molecule has 1 heterocycles. The predicted molar refractivity (Wildman–Crippen MR) is 106 cm³/mol. The quantitative estimate of drug-likeness (QED) is 0.365. The third kappa shape index (κ3) is 5.38. The first-order valence-electron chi connectivity index (χ1n) is 9.07. The zero-order valence-electron chi connectivity index (χ0n) is 15.4. The Morgan fingerprint density at radius 2 is 1.67 bits per heavy atom. The molecule has 0 amide bonds. The number of phenolic OH excluding ortho intramolecular Hbond substituents is 1. The molecule has 2 aromatic rings. The molecular formula is C20H18F6INO2.